The second-order valence-electron chi connectivity index (χ2n) is 26.1. The van der Waals surface area contributed by atoms with Gasteiger partial charge in [0.15, 0.2) is 0 Å². The van der Waals surface area contributed by atoms with Gasteiger partial charge in [-0.25, -0.2) is 0 Å². The van der Waals surface area contributed by atoms with Gasteiger partial charge in [-0.05, 0) is 122 Å². The van der Waals surface area contributed by atoms with Crippen LogP contribution >= 0.6 is 0 Å². The molecule has 0 saturated carbocycles. The summed E-state index contributed by atoms with van der Waals surface area (Å²) in [6, 6.07) is -6.76. The van der Waals surface area contributed by atoms with Gasteiger partial charge < -0.3 is 68.7 Å². The van der Waals surface area contributed by atoms with E-state index in [1.54, 1.807) is 40.7 Å². The normalized spacial score (nSPS) is 18.1. The maximum absolute atomic E-state index is 14.5. The smallest absolute Gasteiger partial charge is 0.246 e. The number of carbonyl (C=O) groups is 11. The number of aliphatic hydroxyl groups excluding tert-OH is 2. The van der Waals surface area contributed by atoms with Gasteiger partial charge in [-0.3, -0.25) is 52.7 Å². The molecule has 1 fully saturated rings. The van der Waals surface area contributed by atoms with Crippen LogP contribution in [0.5, 0.6) is 0 Å². The average Bonchev–Trinajstić information content (AvgIpc) is 4.01. The van der Waals surface area contributed by atoms with Crippen LogP contribution in [0.1, 0.15) is 182 Å². The molecule has 1 aliphatic heterocycles. The van der Waals surface area contributed by atoms with Crippen molar-refractivity contribution >= 4 is 64.9 Å². The molecule has 0 aliphatic carbocycles. The monoisotopic (exact) mass is 1190 g/mol. The molecule has 0 aromatic heterocycles. The van der Waals surface area contributed by atoms with Crippen molar-refractivity contribution in [1.82, 2.24) is 52.8 Å². The second-order valence-corrected chi connectivity index (χ2v) is 26.1. The first-order valence-corrected chi connectivity index (χ1v) is 30.0. The fourth-order valence-corrected chi connectivity index (χ4v) is 9.24. The van der Waals surface area contributed by atoms with Crippen LogP contribution < -0.4 is 53.6 Å². The fourth-order valence-electron chi connectivity index (χ4n) is 9.24. The number of likely N-dealkylation sites (tertiary alicyclic amines) is 1. The molecule has 0 aromatic carbocycles. The number of Topliss-reactive ketones (excluding diaryl/α,β-unsaturated/α-hetero) is 1. The molecule has 1 rings (SSSR count). The average molecular weight is 1190 g/mol. The van der Waals surface area contributed by atoms with Crippen LogP contribution in [-0.2, 0) is 52.7 Å². The molecule has 11 atom stereocenters. The Morgan fingerprint density at radius 2 is 1.15 bits per heavy atom. The summed E-state index contributed by atoms with van der Waals surface area (Å²) in [5.41, 5.74) is 0.617. The van der Waals surface area contributed by atoms with Crippen LogP contribution in [-0.4, -0.2) is 165 Å². The zero-order chi connectivity index (χ0) is 64.8. The SMILES string of the molecule is CCC(=O)C[C@@H](O)C[C@@H](C)C[C@H](NC(=O)[C@@H]1C[C@H](C)CN1C(=O)/C=C/[C@@H](C)CC)C(=O)N[C@H](C(=O)NC(C)(C)C(=O)N[C@@H](CC(C)C)C(=O)N[C@@H](CC(C)C)C(=O)NC(C)(C)C(=O)NC(C)(C)C(=O)NCCC(=O)N[C@@H](C)CN)[C@H](O)C(C)C. The lowest BCUT2D eigenvalue weighted by Gasteiger charge is -2.34. The van der Waals surface area contributed by atoms with Gasteiger partial charge in [0.2, 0.25) is 59.1 Å². The number of amides is 10. The highest BCUT2D eigenvalue weighted by molar-refractivity contribution is 6.00. The van der Waals surface area contributed by atoms with Crippen LogP contribution in [0.15, 0.2) is 12.2 Å². The molecule has 84 heavy (non-hydrogen) atoms. The third kappa shape index (κ3) is 26.1. The number of aliphatic hydroxyl groups is 2. The molecular weight excluding hydrogens is 1080 g/mol. The summed E-state index contributed by atoms with van der Waals surface area (Å²) in [4.78, 5) is 152. The predicted molar refractivity (Wildman–Crippen MR) is 321 cm³/mol. The van der Waals surface area contributed by atoms with E-state index in [1.807, 2.05) is 48.5 Å². The summed E-state index contributed by atoms with van der Waals surface area (Å²) < 4.78 is 0. The van der Waals surface area contributed by atoms with E-state index in [9.17, 15) is 63.0 Å². The predicted octanol–water partition coefficient (Wildman–Crippen LogP) is 1.67. The van der Waals surface area contributed by atoms with Gasteiger partial charge in [-0.15, -0.1) is 0 Å². The minimum atomic E-state index is -1.83. The first-order valence-electron chi connectivity index (χ1n) is 30.0. The summed E-state index contributed by atoms with van der Waals surface area (Å²) in [6.07, 6.45) is 2.02. The van der Waals surface area contributed by atoms with Crippen molar-refractivity contribution in [3.8, 4) is 0 Å². The maximum atomic E-state index is 14.5. The van der Waals surface area contributed by atoms with Crippen LogP contribution in [0.2, 0.25) is 0 Å². The Bertz CT molecular complexity index is 2290. The van der Waals surface area contributed by atoms with E-state index in [0.717, 1.165) is 6.42 Å². The lowest BCUT2D eigenvalue weighted by Crippen LogP contribution is -2.66. The number of ketones is 1. The van der Waals surface area contributed by atoms with E-state index in [-0.39, 0.29) is 105 Å². The van der Waals surface area contributed by atoms with Crippen LogP contribution in [0.3, 0.4) is 0 Å². The highest BCUT2D eigenvalue weighted by Gasteiger charge is 2.43. The van der Waals surface area contributed by atoms with Gasteiger partial charge in [0.05, 0.1) is 12.2 Å². The number of hydrogen-bond acceptors (Lipinski definition) is 14. The van der Waals surface area contributed by atoms with Crippen molar-refractivity contribution < 1.29 is 63.0 Å². The molecule has 1 aliphatic rings. The quantitative estimate of drug-likeness (QED) is 0.0398. The Morgan fingerprint density at radius 1 is 0.631 bits per heavy atom. The van der Waals surface area contributed by atoms with Crippen molar-refractivity contribution in [1.29, 1.82) is 0 Å². The Balaban J connectivity index is 3.46. The molecule has 0 radical (unpaired) electrons. The highest BCUT2D eigenvalue weighted by Crippen LogP contribution is 2.25. The molecule has 1 saturated heterocycles. The maximum Gasteiger partial charge on any atom is 0.246 e. The number of nitrogens with zero attached hydrogens (tertiary/aromatic N) is 1. The number of allylic oxidation sites excluding steroid dienone is 1. The van der Waals surface area contributed by atoms with E-state index >= 15 is 0 Å². The van der Waals surface area contributed by atoms with Gasteiger partial charge in [0.25, 0.3) is 0 Å². The Hall–Kier alpha value is -6.01. The van der Waals surface area contributed by atoms with Crippen LogP contribution in [0.4, 0.5) is 0 Å². The molecular formula is C60H107N11O13. The van der Waals surface area contributed by atoms with Crippen molar-refractivity contribution in [3.63, 3.8) is 0 Å². The number of hydrogen-bond donors (Lipinski definition) is 12. The molecule has 0 spiro atoms. The van der Waals surface area contributed by atoms with Gasteiger partial charge in [0, 0.05) is 44.9 Å². The van der Waals surface area contributed by atoms with E-state index < -0.39 is 118 Å². The largest absolute Gasteiger partial charge is 0.393 e. The van der Waals surface area contributed by atoms with Gasteiger partial charge in [-0.1, -0.05) is 88.7 Å². The third-order valence-electron chi connectivity index (χ3n) is 14.8. The summed E-state index contributed by atoms with van der Waals surface area (Å²) in [5.74, 6) is -8.37. The molecule has 0 bridgehead atoms. The minimum Gasteiger partial charge on any atom is -0.393 e. The zero-order valence-corrected chi connectivity index (χ0v) is 53.6. The second kappa shape index (κ2) is 34.8. The molecule has 0 aromatic rings. The Kier molecular flexibility index (Phi) is 31.5. The first-order chi connectivity index (χ1) is 38.7. The topological polar surface area (TPSA) is 366 Å². The summed E-state index contributed by atoms with van der Waals surface area (Å²) >= 11 is 0. The van der Waals surface area contributed by atoms with Crippen molar-refractivity contribution in [3.05, 3.63) is 12.2 Å². The van der Waals surface area contributed by atoms with E-state index in [0.29, 0.717) is 13.0 Å². The third-order valence-corrected chi connectivity index (χ3v) is 14.8. The van der Waals surface area contributed by atoms with Gasteiger partial charge in [-0.2, -0.15) is 0 Å². The lowest BCUT2D eigenvalue weighted by atomic mass is 9.92. The molecule has 1 heterocycles. The van der Waals surface area contributed by atoms with Gasteiger partial charge in [0.1, 0.15) is 52.6 Å². The summed E-state index contributed by atoms with van der Waals surface area (Å²) in [6.45, 7) is 30.5. The number of nitrogens with two attached hydrogens (primary N) is 1. The number of nitrogens with one attached hydrogen (secondary N) is 9. The van der Waals surface area contributed by atoms with Crippen molar-refractivity contribution in [2.24, 2.45) is 41.2 Å². The molecule has 13 N–H and O–H groups in total. The molecule has 0 unspecified atom stereocenters. The van der Waals surface area contributed by atoms with E-state index in [2.05, 4.69) is 47.9 Å². The number of rotatable bonds is 36. The van der Waals surface area contributed by atoms with E-state index in [4.69, 9.17) is 5.73 Å². The highest BCUT2D eigenvalue weighted by atomic mass is 16.3. The van der Waals surface area contributed by atoms with Crippen molar-refractivity contribution in [2.45, 2.75) is 247 Å². The lowest BCUT2D eigenvalue weighted by molar-refractivity contribution is -0.140. The first kappa shape index (κ1) is 76.0. The van der Waals surface area contributed by atoms with Crippen molar-refractivity contribution in [2.75, 3.05) is 19.6 Å². The molecule has 24 nitrogen and oxygen atoms in total. The standard InChI is InChI=1S/C60H107N11O13/c1-19-36(9)21-22-47(75)71-32-38(11)29-45(71)53(80)65-44(28-37(10)27-41(73)30-40(72)20-2)51(78)67-48(49(76)35(7)8)54(81)69-59(15,16)56(83)66-42(25-33(3)4)50(77)64-43(26-34(5)6)52(79)68-60(17,18)57(84)70-58(13,14)55(82)62-24-23-46(74)63-39(12)31-61/h21-22,33-39,41-45,48-49,73,76H,19-20,23-32,61H2,1-18H3,(H,62,82)(H,63,74)(H,64,77)(H,65,80)(H,66,83)(H,67,78)(H,68,79)(H,69,81)(H,70,84)/b22-21+/t36-,37+,38-,39-,41-,42-,43-,44-,45-,48-,49+/m0/s1. The van der Waals surface area contributed by atoms with Crippen LogP contribution in [0.25, 0.3) is 0 Å². The summed E-state index contributed by atoms with van der Waals surface area (Å²) in [7, 11) is 0. The zero-order valence-electron chi connectivity index (χ0n) is 53.6. The van der Waals surface area contributed by atoms with Gasteiger partial charge >= 0.3 is 0 Å². The van der Waals surface area contributed by atoms with Crippen LogP contribution in [0, 0.1) is 35.5 Å². The summed E-state index contributed by atoms with van der Waals surface area (Å²) in [5, 5.41) is 46.5. The fraction of sp³-hybridized carbons (Fsp3) is 0.783. The molecule has 480 valence electrons. The Labute approximate surface area is 499 Å². The minimum absolute atomic E-state index is 0.0158. The van der Waals surface area contributed by atoms with E-state index in [1.165, 1.54) is 52.5 Å². The molecule has 10 amide bonds. The molecule has 24 heteroatoms. The number of carbonyl (C=O) groups excluding carboxylic acids is 11. The Morgan fingerprint density at radius 3 is 1.69 bits per heavy atom.